The van der Waals surface area contributed by atoms with Crippen LogP contribution < -0.4 is 14.8 Å². The third kappa shape index (κ3) is 2.85. The quantitative estimate of drug-likeness (QED) is 0.716. The van der Waals surface area contributed by atoms with Gasteiger partial charge in [-0.05, 0) is 46.3 Å². The molecule has 0 spiro atoms. The van der Waals surface area contributed by atoms with Crippen molar-refractivity contribution in [1.82, 2.24) is 10.2 Å². The number of anilines is 1. The molecular weight excluding hydrogens is 394 g/mol. The van der Waals surface area contributed by atoms with Gasteiger partial charge in [-0.2, -0.15) is 0 Å². The fourth-order valence-corrected chi connectivity index (χ4v) is 3.43. The number of hydrogen-bond acceptors (Lipinski definition) is 6. The summed E-state index contributed by atoms with van der Waals surface area (Å²) in [6.45, 7) is 0.224. The molecule has 1 aliphatic heterocycles. The van der Waals surface area contributed by atoms with Gasteiger partial charge in [0, 0.05) is 10.0 Å². The number of nitrogens with one attached hydrogen (secondary N) is 1. The molecule has 1 aromatic heterocycles. The van der Waals surface area contributed by atoms with Crippen LogP contribution in [0.5, 0.6) is 11.5 Å². The Bertz CT molecular complexity index is 928. The Hall–Kier alpha value is -2.45. The van der Waals surface area contributed by atoms with Crippen molar-refractivity contribution in [3.63, 3.8) is 0 Å². The van der Waals surface area contributed by atoms with Crippen LogP contribution in [0.3, 0.4) is 0 Å². The highest BCUT2D eigenvalue weighted by molar-refractivity contribution is 9.10. The summed E-state index contributed by atoms with van der Waals surface area (Å²) in [4.78, 5) is 12.3. The molecule has 0 atom stereocenters. The molecule has 0 saturated carbocycles. The molecule has 0 bridgehead atoms. The number of ether oxygens (including phenoxy) is 2. The van der Waals surface area contributed by atoms with Crippen LogP contribution >= 0.6 is 27.3 Å². The average molecular weight is 404 g/mol. The maximum atomic E-state index is 12.3. The first kappa shape index (κ1) is 15.1. The fraction of sp³-hybridized carbons (Fsp3) is 0.0625. The highest BCUT2D eigenvalue weighted by atomic mass is 79.9. The number of carbonyl (C=O) groups is 1. The second kappa shape index (κ2) is 6.21. The number of rotatable bonds is 3. The molecule has 3 aromatic rings. The zero-order chi connectivity index (χ0) is 16.5. The van der Waals surface area contributed by atoms with Crippen molar-refractivity contribution in [3.8, 4) is 22.1 Å². The normalized spacial score (nSPS) is 12.2. The summed E-state index contributed by atoms with van der Waals surface area (Å²) >= 11 is 4.66. The summed E-state index contributed by atoms with van der Waals surface area (Å²) in [5.74, 6) is 1.16. The SMILES string of the molecule is O=C(Nc1nnc(-c2ccc3c(c2)OCO3)s1)c1ccccc1Br. The van der Waals surface area contributed by atoms with Crippen molar-refractivity contribution in [2.24, 2.45) is 0 Å². The van der Waals surface area contributed by atoms with E-state index in [-0.39, 0.29) is 12.7 Å². The Kier molecular flexibility index (Phi) is 3.91. The van der Waals surface area contributed by atoms with E-state index in [0.29, 0.717) is 27.2 Å². The number of aromatic nitrogens is 2. The molecule has 0 aliphatic carbocycles. The van der Waals surface area contributed by atoms with Gasteiger partial charge in [0.05, 0.1) is 5.56 Å². The Balaban J connectivity index is 1.55. The summed E-state index contributed by atoms with van der Waals surface area (Å²) < 4.78 is 11.4. The fourth-order valence-electron chi connectivity index (χ4n) is 2.23. The zero-order valence-electron chi connectivity index (χ0n) is 12.2. The molecule has 0 unspecified atom stereocenters. The molecule has 0 radical (unpaired) electrons. The van der Waals surface area contributed by atoms with Crippen LogP contribution in [0, 0.1) is 0 Å². The minimum atomic E-state index is -0.240. The zero-order valence-corrected chi connectivity index (χ0v) is 14.6. The maximum absolute atomic E-state index is 12.3. The van der Waals surface area contributed by atoms with Crippen LogP contribution in [0.2, 0.25) is 0 Å². The molecule has 1 N–H and O–H groups in total. The van der Waals surface area contributed by atoms with Gasteiger partial charge in [0.1, 0.15) is 5.01 Å². The van der Waals surface area contributed by atoms with Gasteiger partial charge in [-0.25, -0.2) is 0 Å². The molecule has 1 aliphatic rings. The number of hydrogen-bond donors (Lipinski definition) is 1. The van der Waals surface area contributed by atoms with Crippen LogP contribution in [0.1, 0.15) is 10.4 Å². The summed E-state index contributed by atoms with van der Waals surface area (Å²) in [5, 5.41) is 12.0. The van der Waals surface area contributed by atoms with E-state index in [1.54, 1.807) is 12.1 Å². The van der Waals surface area contributed by atoms with Crippen molar-refractivity contribution in [2.75, 3.05) is 12.1 Å². The van der Waals surface area contributed by atoms with E-state index in [4.69, 9.17) is 9.47 Å². The van der Waals surface area contributed by atoms with E-state index in [1.807, 2.05) is 30.3 Å². The summed E-state index contributed by atoms with van der Waals surface area (Å²) in [7, 11) is 0. The number of benzene rings is 2. The van der Waals surface area contributed by atoms with Crippen LogP contribution in [-0.4, -0.2) is 22.9 Å². The number of halogens is 1. The van der Waals surface area contributed by atoms with E-state index in [1.165, 1.54) is 11.3 Å². The molecule has 4 rings (SSSR count). The maximum Gasteiger partial charge on any atom is 0.258 e. The predicted molar refractivity (Wildman–Crippen MR) is 93.6 cm³/mol. The van der Waals surface area contributed by atoms with Crippen molar-refractivity contribution in [1.29, 1.82) is 0 Å². The van der Waals surface area contributed by atoms with Crippen LogP contribution in [0.4, 0.5) is 5.13 Å². The van der Waals surface area contributed by atoms with Crippen molar-refractivity contribution in [3.05, 3.63) is 52.5 Å². The summed E-state index contributed by atoms with van der Waals surface area (Å²) in [5.41, 5.74) is 1.40. The lowest BCUT2D eigenvalue weighted by atomic mass is 10.2. The largest absolute Gasteiger partial charge is 0.454 e. The first-order valence-corrected chi connectivity index (χ1v) is 8.61. The van der Waals surface area contributed by atoms with Crippen molar-refractivity contribution in [2.45, 2.75) is 0 Å². The second-order valence-corrected chi connectivity index (χ2v) is 6.75. The van der Waals surface area contributed by atoms with Crippen LogP contribution in [0.25, 0.3) is 10.6 Å². The van der Waals surface area contributed by atoms with Gasteiger partial charge in [-0.3, -0.25) is 10.1 Å². The Morgan fingerprint density at radius 1 is 1.12 bits per heavy atom. The molecule has 0 fully saturated rings. The monoisotopic (exact) mass is 403 g/mol. The standard InChI is InChI=1S/C16H10BrN3O3S/c17-11-4-2-1-3-10(11)14(21)18-16-20-19-15(24-16)9-5-6-12-13(7-9)23-8-22-12/h1-7H,8H2,(H,18,20,21). The number of amides is 1. The van der Waals surface area contributed by atoms with Gasteiger partial charge in [-0.1, -0.05) is 23.5 Å². The minimum absolute atomic E-state index is 0.224. The topological polar surface area (TPSA) is 73.3 Å². The molecule has 1 amide bonds. The van der Waals surface area contributed by atoms with Gasteiger partial charge < -0.3 is 9.47 Å². The summed E-state index contributed by atoms with van der Waals surface area (Å²) in [6, 6.07) is 12.8. The Morgan fingerprint density at radius 3 is 2.83 bits per heavy atom. The molecule has 0 saturated heterocycles. The molecule has 2 aromatic carbocycles. The molecule has 8 heteroatoms. The smallest absolute Gasteiger partial charge is 0.258 e. The Morgan fingerprint density at radius 2 is 1.96 bits per heavy atom. The third-order valence-corrected chi connectivity index (χ3v) is 4.96. The lowest BCUT2D eigenvalue weighted by molar-refractivity contribution is 0.102. The van der Waals surface area contributed by atoms with Gasteiger partial charge >= 0.3 is 0 Å². The second-order valence-electron chi connectivity index (χ2n) is 4.91. The van der Waals surface area contributed by atoms with E-state index in [0.717, 1.165) is 10.0 Å². The average Bonchev–Trinajstić information content (AvgIpc) is 3.23. The predicted octanol–water partition coefficient (Wildman–Crippen LogP) is 3.95. The molecular formula is C16H10BrN3O3S. The molecule has 2 heterocycles. The van der Waals surface area contributed by atoms with Crippen molar-refractivity contribution >= 4 is 38.3 Å². The molecule has 24 heavy (non-hydrogen) atoms. The molecule has 120 valence electrons. The van der Waals surface area contributed by atoms with Gasteiger partial charge in [-0.15, -0.1) is 10.2 Å². The summed E-state index contributed by atoms with van der Waals surface area (Å²) in [6.07, 6.45) is 0. The lowest BCUT2D eigenvalue weighted by Crippen LogP contribution is -2.12. The van der Waals surface area contributed by atoms with E-state index in [9.17, 15) is 4.79 Å². The number of fused-ring (bicyclic) bond motifs is 1. The van der Waals surface area contributed by atoms with E-state index < -0.39 is 0 Å². The number of nitrogens with zero attached hydrogens (tertiary/aromatic N) is 2. The number of carbonyl (C=O) groups excluding carboxylic acids is 1. The van der Waals surface area contributed by atoms with Gasteiger partial charge in [0.25, 0.3) is 5.91 Å². The molecule has 6 nitrogen and oxygen atoms in total. The third-order valence-electron chi connectivity index (χ3n) is 3.38. The Labute approximate surface area is 149 Å². The van der Waals surface area contributed by atoms with Gasteiger partial charge in [0.15, 0.2) is 11.5 Å². The first-order valence-electron chi connectivity index (χ1n) is 7.00. The van der Waals surface area contributed by atoms with Gasteiger partial charge in [0.2, 0.25) is 11.9 Å². The van der Waals surface area contributed by atoms with Crippen LogP contribution in [-0.2, 0) is 0 Å². The van der Waals surface area contributed by atoms with Crippen LogP contribution in [0.15, 0.2) is 46.9 Å². The highest BCUT2D eigenvalue weighted by Gasteiger charge is 2.17. The lowest BCUT2D eigenvalue weighted by Gasteiger charge is -2.02. The highest BCUT2D eigenvalue weighted by Crippen LogP contribution is 2.37. The first-order chi connectivity index (χ1) is 11.7. The van der Waals surface area contributed by atoms with Crippen molar-refractivity contribution < 1.29 is 14.3 Å². The van der Waals surface area contributed by atoms with E-state index in [2.05, 4.69) is 31.4 Å². The minimum Gasteiger partial charge on any atom is -0.454 e. The van der Waals surface area contributed by atoms with E-state index >= 15 is 0 Å².